The van der Waals surface area contributed by atoms with Gasteiger partial charge >= 0.3 is 0 Å². The van der Waals surface area contributed by atoms with Gasteiger partial charge in [0.15, 0.2) is 11.5 Å². The van der Waals surface area contributed by atoms with Crippen LogP contribution in [0.15, 0.2) is 71.6 Å². The summed E-state index contributed by atoms with van der Waals surface area (Å²) in [5.74, 6) is -0.941. The number of benzene rings is 3. The van der Waals surface area contributed by atoms with E-state index in [-0.39, 0.29) is 6.54 Å². The van der Waals surface area contributed by atoms with Gasteiger partial charge in [-0.2, -0.15) is 0 Å². The highest BCUT2D eigenvalue weighted by Gasteiger charge is 2.20. The second kappa shape index (κ2) is 9.02. The van der Waals surface area contributed by atoms with Gasteiger partial charge in [0.1, 0.15) is 23.1 Å². The third kappa shape index (κ3) is 5.30. The van der Waals surface area contributed by atoms with Crippen LogP contribution in [0.3, 0.4) is 0 Å². The number of sulfonamides is 1. The molecule has 0 aromatic heterocycles. The van der Waals surface area contributed by atoms with Crippen molar-refractivity contribution in [1.29, 1.82) is 0 Å². The minimum Gasteiger partial charge on any atom is -0.493 e. The molecule has 0 saturated heterocycles. The average molecular weight is 419 g/mol. The van der Waals surface area contributed by atoms with Crippen molar-refractivity contribution < 1.29 is 26.7 Å². The lowest BCUT2D eigenvalue weighted by Crippen LogP contribution is -2.24. The van der Waals surface area contributed by atoms with Crippen LogP contribution in [0, 0.1) is 11.6 Å². The predicted molar refractivity (Wildman–Crippen MR) is 104 cm³/mol. The Hall–Kier alpha value is -2.97. The van der Waals surface area contributed by atoms with E-state index in [0.717, 1.165) is 17.7 Å². The molecule has 0 saturated carbocycles. The van der Waals surface area contributed by atoms with Crippen molar-refractivity contribution in [3.63, 3.8) is 0 Å². The molecule has 3 rings (SSSR count). The molecule has 0 aliphatic carbocycles. The number of hydrogen-bond donors (Lipinski definition) is 1. The predicted octanol–water partition coefficient (Wildman–Crippen LogP) is 4.03. The van der Waals surface area contributed by atoms with Crippen LogP contribution in [0.2, 0.25) is 0 Å². The fourth-order valence-corrected chi connectivity index (χ4v) is 3.72. The van der Waals surface area contributed by atoms with Gasteiger partial charge in [-0.3, -0.25) is 0 Å². The van der Waals surface area contributed by atoms with E-state index in [4.69, 9.17) is 9.47 Å². The summed E-state index contributed by atoms with van der Waals surface area (Å²) in [5.41, 5.74) is 1.55. The quantitative estimate of drug-likeness (QED) is 0.599. The SMILES string of the molecule is COc1cc(CNS(=O)(=O)c2cc(F)ccc2F)ccc1OCc1ccccc1. The number of ether oxygens (including phenoxy) is 2. The summed E-state index contributed by atoms with van der Waals surface area (Å²) in [6.07, 6.45) is 0. The lowest BCUT2D eigenvalue weighted by atomic mass is 10.2. The van der Waals surface area contributed by atoms with Crippen molar-refractivity contribution in [1.82, 2.24) is 4.72 Å². The van der Waals surface area contributed by atoms with Crippen LogP contribution in [-0.4, -0.2) is 15.5 Å². The molecule has 1 N–H and O–H groups in total. The van der Waals surface area contributed by atoms with Gasteiger partial charge in [0, 0.05) is 6.54 Å². The topological polar surface area (TPSA) is 64.6 Å². The number of nitrogens with one attached hydrogen (secondary N) is 1. The van der Waals surface area contributed by atoms with E-state index in [0.29, 0.717) is 29.7 Å². The Kier molecular flexibility index (Phi) is 6.46. The van der Waals surface area contributed by atoms with E-state index in [1.807, 2.05) is 30.3 Å². The fraction of sp³-hybridized carbons (Fsp3) is 0.143. The Labute approximate surface area is 168 Å². The van der Waals surface area contributed by atoms with Crippen LogP contribution in [-0.2, 0) is 23.2 Å². The van der Waals surface area contributed by atoms with Crippen molar-refractivity contribution in [2.45, 2.75) is 18.0 Å². The summed E-state index contributed by atoms with van der Waals surface area (Å²) in [6.45, 7) is 0.218. The molecule has 5 nitrogen and oxygen atoms in total. The summed E-state index contributed by atoms with van der Waals surface area (Å²) >= 11 is 0. The smallest absolute Gasteiger partial charge is 0.243 e. The first kappa shape index (κ1) is 20.8. The van der Waals surface area contributed by atoms with Crippen molar-refractivity contribution in [3.8, 4) is 11.5 Å². The number of rotatable bonds is 8. The van der Waals surface area contributed by atoms with Crippen LogP contribution in [0.1, 0.15) is 11.1 Å². The molecule has 0 aliphatic rings. The van der Waals surface area contributed by atoms with E-state index in [9.17, 15) is 17.2 Å². The molecule has 0 bridgehead atoms. The molecule has 0 unspecified atom stereocenters. The Morgan fingerprint density at radius 3 is 2.38 bits per heavy atom. The zero-order valence-electron chi connectivity index (χ0n) is 15.6. The zero-order valence-corrected chi connectivity index (χ0v) is 16.4. The van der Waals surface area contributed by atoms with Crippen molar-refractivity contribution in [2.75, 3.05) is 7.11 Å². The van der Waals surface area contributed by atoms with Crippen LogP contribution < -0.4 is 14.2 Å². The maximum atomic E-state index is 13.8. The molecule has 0 spiro atoms. The maximum Gasteiger partial charge on any atom is 0.243 e. The lowest BCUT2D eigenvalue weighted by Gasteiger charge is -2.13. The van der Waals surface area contributed by atoms with Crippen molar-refractivity contribution >= 4 is 10.0 Å². The number of methoxy groups -OCH3 is 1. The van der Waals surface area contributed by atoms with Gasteiger partial charge in [0.2, 0.25) is 10.0 Å². The molecular weight excluding hydrogens is 400 g/mol. The molecule has 3 aromatic rings. The van der Waals surface area contributed by atoms with Gasteiger partial charge in [0.05, 0.1) is 7.11 Å². The first-order valence-corrected chi connectivity index (χ1v) is 10.2. The van der Waals surface area contributed by atoms with Gasteiger partial charge in [0.25, 0.3) is 0 Å². The molecule has 0 aliphatic heterocycles. The highest BCUT2D eigenvalue weighted by molar-refractivity contribution is 7.89. The van der Waals surface area contributed by atoms with Crippen LogP contribution in [0.5, 0.6) is 11.5 Å². The van der Waals surface area contributed by atoms with Crippen LogP contribution in [0.4, 0.5) is 8.78 Å². The summed E-state index contributed by atoms with van der Waals surface area (Å²) in [4.78, 5) is -0.743. The van der Waals surface area contributed by atoms with E-state index < -0.39 is 26.6 Å². The van der Waals surface area contributed by atoms with Crippen molar-refractivity contribution in [2.24, 2.45) is 0 Å². The first-order valence-electron chi connectivity index (χ1n) is 8.67. The van der Waals surface area contributed by atoms with Crippen LogP contribution >= 0.6 is 0 Å². The fourth-order valence-electron chi connectivity index (χ4n) is 2.62. The molecular formula is C21H19F2NO4S. The second-order valence-electron chi connectivity index (χ2n) is 6.16. The van der Waals surface area contributed by atoms with E-state index in [1.165, 1.54) is 7.11 Å². The molecule has 0 amide bonds. The minimum absolute atomic E-state index is 0.131. The molecule has 0 atom stereocenters. The molecule has 0 radical (unpaired) electrons. The lowest BCUT2D eigenvalue weighted by molar-refractivity contribution is 0.284. The van der Waals surface area contributed by atoms with E-state index in [1.54, 1.807) is 18.2 Å². The molecule has 152 valence electrons. The highest BCUT2D eigenvalue weighted by Crippen LogP contribution is 2.29. The Morgan fingerprint density at radius 2 is 1.66 bits per heavy atom. The first-order chi connectivity index (χ1) is 13.9. The van der Waals surface area contributed by atoms with Crippen molar-refractivity contribution in [3.05, 3.63) is 89.5 Å². The number of hydrogen-bond acceptors (Lipinski definition) is 4. The third-order valence-electron chi connectivity index (χ3n) is 4.11. The van der Waals surface area contributed by atoms with E-state index >= 15 is 0 Å². The monoisotopic (exact) mass is 419 g/mol. The van der Waals surface area contributed by atoms with Gasteiger partial charge in [-0.1, -0.05) is 36.4 Å². The number of halogens is 2. The maximum absolute atomic E-state index is 13.8. The molecule has 3 aromatic carbocycles. The summed E-state index contributed by atoms with van der Waals surface area (Å²) in [7, 11) is -2.75. The average Bonchev–Trinajstić information content (AvgIpc) is 2.73. The van der Waals surface area contributed by atoms with Gasteiger partial charge < -0.3 is 9.47 Å². The Morgan fingerprint density at radius 1 is 0.897 bits per heavy atom. The molecule has 8 heteroatoms. The standard InChI is InChI=1S/C21H19F2NO4S/c1-27-20-11-16(7-10-19(20)28-14-15-5-3-2-4-6-15)13-24-29(25,26)21-12-17(22)8-9-18(21)23/h2-12,24H,13-14H2,1H3. The Bertz CT molecular complexity index is 1090. The van der Waals surface area contributed by atoms with Gasteiger partial charge in [-0.15, -0.1) is 0 Å². The summed E-state index contributed by atoms with van der Waals surface area (Å²) in [6, 6.07) is 16.8. The van der Waals surface area contributed by atoms with E-state index in [2.05, 4.69) is 4.72 Å². The molecule has 0 fully saturated rings. The molecule has 29 heavy (non-hydrogen) atoms. The third-order valence-corrected chi connectivity index (χ3v) is 5.53. The van der Waals surface area contributed by atoms with Crippen LogP contribution in [0.25, 0.3) is 0 Å². The Balaban J connectivity index is 1.70. The normalized spacial score (nSPS) is 11.3. The summed E-state index contributed by atoms with van der Waals surface area (Å²) in [5, 5.41) is 0. The van der Waals surface area contributed by atoms with Gasteiger partial charge in [-0.25, -0.2) is 21.9 Å². The highest BCUT2D eigenvalue weighted by atomic mass is 32.2. The second-order valence-corrected chi connectivity index (χ2v) is 7.89. The zero-order chi connectivity index (χ0) is 20.9. The molecule has 0 heterocycles. The largest absolute Gasteiger partial charge is 0.493 e. The summed E-state index contributed by atoms with van der Waals surface area (Å²) < 4.78 is 65.0. The van der Waals surface area contributed by atoms with Gasteiger partial charge in [-0.05, 0) is 41.5 Å². The minimum atomic E-state index is -4.22.